The molecular weight excluding hydrogens is 514 g/mol. The van der Waals surface area contributed by atoms with Gasteiger partial charge in [-0.25, -0.2) is 4.79 Å². The van der Waals surface area contributed by atoms with Crippen LogP contribution in [0.15, 0.2) is 42.5 Å². The minimum absolute atomic E-state index is 0.300. The van der Waals surface area contributed by atoms with Crippen LogP contribution in [0.2, 0.25) is 5.02 Å². The summed E-state index contributed by atoms with van der Waals surface area (Å²) in [6.45, 7) is 16.9. The zero-order valence-corrected chi connectivity index (χ0v) is 25.5. The Labute approximate surface area is 238 Å². The zero-order valence-electron chi connectivity index (χ0n) is 24.7. The van der Waals surface area contributed by atoms with Gasteiger partial charge in [-0.05, 0) is 84.4 Å². The highest BCUT2D eigenvalue weighted by Gasteiger charge is 2.38. The molecule has 2 rings (SSSR count). The van der Waals surface area contributed by atoms with Crippen molar-refractivity contribution in [1.29, 1.82) is 0 Å². The monoisotopic (exact) mass is 557 g/mol. The highest BCUT2D eigenvalue weighted by Crippen LogP contribution is 2.31. The highest BCUT2D eigenvalue weighted by atomic mass is 35.5. The number of aryl methyl sites for hydroxylation is 2. The summed E-state index contributed by atoms with van der Waals surface area (Å²) >= 11 is 6.44. The standard InChI is InChI=1S/C31H44ClN3O4/c1-19(2)16-17-22(5)35(29(37)23(6)33-30(38)39-31(7,8)9)27(24-14-10-12-20(3)18-24)28(36)34-26-21(4)13-11-15-25(26)32/h10-15,18-19,22-23,27H,16-17H2,1-9H3,(H,33,38)(H,34,36). The molecule has 2 aromatic carbocycles. The Kier molecular flexibility index (Phi) is 11.4. The molecule has 3 unspecified atom stereocenters. The number of amides is 3. The number of hydrogen-bond donors (Lipinski definition) is 2. The molecule has 0 saturated heterocycles. The van der Waals surface area contributed by atoms with Crippen LogP contribution in [-0.2, 0) is 14.3 Å². The largest absolute Gasteiger partial charge is 0.444 e. The van der Waals surface area contributed by atoms with Crippen molar-refractivity contribution in [3.05, 3.63) is 64.2 Å². The van der Waals surface area contributed by atoms with Crippen molar-refractivity contribution in [1.82, 2.24) is 10.2 Å². The van der Waals surface area contributed by atoms with Gasteiger partial charge in [0.25, 0.3) is 5.91 Å². The SMILES string of the molecule is Cc1cccc(C(C(=O)Nc2c(C)cccc2Cl)N(C(=O)C(C)NC(=O)OC(C)(C)C)C(C)CCC(C)C)c1. The van der Waals surface area contributed by atoms with Crippen LogP contribution in [0.3, 0.4) is 0 Å². The molecule has 2 aromatic rings. The number of benzene rings is 2. The van der Waals surface area contributed by atoms with Gasteiger partial charge in [-0.1, -0.05) is 67.4 Å². The van der Waals surface area contributed by atoms with Crippen LogP contribution < -0.4 is 10.6 Å². The van der Waals surface area contributed by atoms with E-state index in [0.29, 0.717) is 28.6 Å². The van der Waals surface area contributed by atoms with Gasteiger partial charge in [0, 0.05) is 6.04 Å². The Morgan fingerprint density at radius 3 is 2.18 bits per heavy atom. The number of para-hydroxylation sites is 1. The summed E-state index contributed by atoms with van der Waals surface area (Å²) in [4.78, 5) is 42.3. The Bertz CT molecular complexity index is 1140. The third kappa shape index (κ3) is 9.57. The smallest absolute Gasteiger partial charge is 0.408 e. The first kappa shape index (κ1) is 32.2. The second-order valence-corrected chi connectivity index (χ2v) is 12.1. The number of ether oxygens (including phenoxy) is 1. The van der Waals surface area contributed by atoms with Crippen LogP contribution in [-0.4, -0.2) is 40.5 Å². The predicted molar refractivity (Wildman–Crippen MR) is 158 cm³/mol. The van der Waals surface area contributed by atoms with E-state index in [1.165, 1.54) is 0 Å². The van der Waals surface area contributed by atoms with E-state index in [0.717, 1.165) is 17.5 Å². The van der Waals surface area contributed by atoms with Gasteiger partial charge in [0.1, 0.15) is 17.7 Å². The van der Waals surface area contributed by atoms with E-state index in [1.807, 2.05) is 57.2 Å². The molecule has 0 aliphatic carbocycles. The third-order valence-corrected chi connectivity index (χ3v) is 6.66. The molecule has 8 heteroatoms. The Morgan fingerprint density at radius 2 is 1.62 bits per heavy atom. The molecule has 39 heavy (non-hydrogen) atoms. The number of hydrogen-bond acceptors (Lipinski definition) is 4. The number of nitrogens with zero attached hydrogens (tertiary/aromatic N) is 1. The quantitative estimate of drug-likeness (QED) is 0.323. The van der Waals surface area contributed by atoms with Crippen molar-refractivity contribution >= 4 is 35.2 Å². The molecule has 214 valence electrons. The van der Waals surface area contributed by atoms with Crippen molar-refractivity contribution in [2.75, 3.05) is 5.32 Å². The van der Waals surface area contributed by atoms with E-state index in [9.17, 15) is 14.4 Å². The van der Waals surface area contributed by atoms with Gasteiger partial charge >= 0.3 is 6.09 Å². The van der Waals surface area contributed by atoms with Crippen LogP contribution in [0, 0.1) is 19.8 Å². The van der Waals surface area contributed by atoms with Gasteiger partial charge < -0.3 is 20.3 Å². The lowest BCUT2D eigenvalue weighted by molar-refractivity contribution is -0.143. The summed E-state index contributed by atoms with van der Waals surface area (Å²) < 4.78 is 5.38. The number of alkyl carbamates (subject to hydrolysis) is 1. The number of halogens is 1. The molecule has 0 bridgehead atoms. The Balaban J connectivity index is 2.56. The molecule has 3 atom stereocenters. The molecule has 3 amide bonds. The third-order valence-electron chi connectivity index (χ3n) is 6.35. The lowest BCUT2D eigenvalue weighted by atomic mass is 9.96. The van der Waals surface area contributed by atoms with E-state index in [-0.39, 0.29) is 17.9 Å². The van der Waals surface area contributed by atoms with Gasteiger partial charge in [-0.15, -0.1) is 0 Å². The summed E-state index contributed by atoms with van der Waals surface area (Å²) in [5, 5.41) is 6.06. The van der Waals surface area contributed by atoms with E-state index in [2.05, 4.69) is 24.5 Å². The van der Waals surface area contributed by atoms with Gasteiger partial charge in [-0.3, -0.25) is 9.59 Å². The first-order valence-corrected chi connectivity index (χ1v) is 13.9. The van der Waals surface area contributed by atoms with Crippen molar-refractivity contribution in [2.24, 2.45) is 5.92 Å². The second kappa shape index (κ2) is 13.8. The Morgan fingerprint density at radius 1 is 0.974 bits per heavy atom. The van der Waals surface area contributed by atoms with Crippen LogP contribution in [0.25, 0.3) is 0 Å². The molecule has 7 nitrogen and oxygen atoms in total. The van der Waals surface area contributed by atoms with Gasteiger partial charge in [-0.2, -0.15) is 0 Å². The van der Waals surface area contributed by atoms with Gasteiger partial charge in [0.2, 0.25) is 5.91 Å². The number of rotatable bonds is 10. The van der Waals surface area contributed by atoms with Crippen LogP contribution in [0.1, 0.15) is 84.0 Å². The molecule has 2 N–H and O–H groups in total. The van der Waals surface area contributed by atoms with Crippen molar-refractivity contribution in [3.63, 3.8) is 0 Å². The first-order valence-electron chi connectivity index (χ1n) is 13.5. The summed E-state index contributed by atoms with van der Waals surface area (Å²) in [6, 6.07) is 10.8. The second-order valence-electron chi connectivity index (χ2n) is 11.7. The predicted octanol–water partition coefficient (Wildman–Crippen LogP) is 7.20. The lowest BCUT2D eigenvalue weighted by Gasteiger charge is -2.38. The Hall–Kier alpha value is -3.06. The van der Waals surface area contributed by atoms with Crippen molar-refractivity contribution in [2.45, 2.75) is 98.9 Å². The lowest BCUT2D eigenvalue weighted by Crippen LogP contribution is -2.54. The normalized spacial score (nSPS) is 13.8. The molecular formula is C31H44ClN3O4. The molecule has 0 spiro atoms. The van der Waals surface area contributed by atoms with Crippen LogP contribution in [0.5, 0.6) is 0 Å². The highest BCUT2D eigenvalue weighted by molar-refractivity contribution is 6.34. The molecule has 0 fully saturated rings. The van der Waals surface area contributed by atoms with E-state index < -0.39 is 23.8 Å². The molecule has 0 aliphatic rings. The fourth-order valence-corrected chi connectivity index (χ4v) is 4.61. The van der Waals surface area contributed by atoms with E-state index in [1.54, 1.807) is 38.7 Å². The molecule has 0 heterocycles. The minimum Gasteiger partial charge on any atom is -0.444 e. The van der Waals surface area contributed by atoms with Crippen LogP contribution in [0.4, 0.5) is 10.5 Å². The fourth-order valence-electron chi connectivity index (χ4n) is 4.34. The summed E-state index contributed by atoms with van der Waals surface area (Å²) in [5.74, 6) is -0.348. The summed E-state index contributed by atoms with van der Waals surface area (Å²) in [5.41, 5.74) is 2.23. The van der Waals surface area contributed by atoms with Crippen molar-refractivity contribution in [3.8, 4) is 0 Å². The average molecular weight is 558 g/mol. The number of carbonyl (C=O) groups excluding carboxylic acids is 3. The van der Waals surface area contributed by atoms with Crippen molar-refractivity contribution < 1.29 is 19.1 Å². The minimum atomic E-state index is -0.960. The van der Waals surface area contributed by atoms with Gasteiger partial charge in [0.05, 0.1) is 10.7 Å². The molecule has 0 saturated carbocycles. The van der Waals surface area contributed by atoms with Crippen LogP contribution >= 0.6 is 11.6 Å². The van der Waals surface area contributed by atoms with E-state index in [4.69, 9.17) is 16.3 Å². The summed E-state index contributed by atoms with van der Waals surface area (Å²) in [6.07, 6.45) is 0.856. The maximum atomic E-state index is 14.1. The maximum Gasteiger partial charge on any atom is 0.408 e. The number of nitrogens with one attached hydrogen (secondary N) is 2. The maximum absolute atomic E-state index is 14.1. The molecule has 0 aromatic heterocycles. The van der Waals surface area contributed by atoms with Gasteiger partial charge in [0.15, 0.2) is 0 Å². The average Bonchev–Trinajstić information content (AvgIpc) is 2.81. The molecule has 0 radical (unpaired) electrons. The van der Waals surface area contributed by atoms with E-state index >= 15 is 0 Å². The summed E-state index contributed by atoms with van der Waals surface area (Å²) in [7, 11) is 0. The number of anilines is 1. The number of carbonyl (C=O) groups is 3. The molecule has 0 aliphatic heterocycles. The first-order chi connectivity index (χ1) is 18.1. The zero-order chi connectivity index (χ0) is 29.5. The topological polar surface area (TPSA) is 87.7 Å². The fraction of sp³-hybridized carbons (Fsp3) is 0.516.